The molecule has 0 spiro atoms. The maximum atomic E-state index is 12.6. The van der Waals surface area contributed by atoms with E-state index in [0.29, 0.717) is 35.9 Å². The number of pyridine rings is 2. The molecule has 210 valence electrons. The van der Waals surface area contributed by atoms with Gasteiger partial charge in [0.25, 0.3) is 0 Å². The molecule has 1 N–H and O–H groups in total. The van der Waals surface area contributed by atoms with E-state index < -0.39 is 17.7 Å². The van der Waals surface area contributed by atoms with Gasteiger partial charge >= 0.3 is 5.97 Å². The van der Waals surface area contributed by atoms with E-state index in [9.17, 15) is 9.90 Å². The van der Waals surface area contributed by atoms with Crippen LogP contribution in [0.1, 0.15) is 70.5 Å². The smallest absolute Gasteiger partial charge is 0.337 e. The van der Waals surface area contributed by atoms with Crippen LogP contribution in [0.5, 0.6) is 5.75 Å². The highest BCUT2D eigenvalue weighted by molar-refractivity contribution is 5.85. The van der Waals surface area contributed by atoms with Crippen molar-refractivity contribution in [2.45, 2.75) is 79.6 Å². The summed E-state index contributed by atoms with van der Waals surface area (Å²) in [5, 5.41) is 14.6. The molecule has 1 fully saturated rings. The van der Waals surface area contributed by atoms with Gasteiger partial charge in [-0.25, -0.2) is 4.79 Å². The molecule has 3 aromatic rings. The molecule has 4 heterocycles. The van der Waals surface area contributed by atoms with Crippen molar-refractivity contribution in [3.05, 3.63) is 53.7 Å². The third-order valence-electron chi connectivity index (χ3n) is 7.19. The Balaban J connectivity index is 1.69. The molecule has 1 aliphatic rings. The zero-order chi connectivity index (χ0) is 28.4. The molecule has 3 aromatic heterocycles. The van der Waals surface area contributed by atoms with Crippen LogP contribution in [-0.2, 0) is 16.1 Å². The van der Waals surface area contributed by atoms with Crippen LogP contribution in [0, 0.1) is 19.3 Å². The van der Waals surface area contributed by atoms with Crippen molar-refractivity contribution in [2.75, 3.05) is 24.6 Å². The summed E-state index contributed by atoms with van der Waals surface area (Å²) in [5.74, 6) is -0.376. The van der Waals surface area contributed by atoms with E-state index in [0.717, 1.165) is 42.9 Å². The Hall–Kier alpha value is -3.46. The van der Waals surface area contributed by atoms with E-state index in [1.165, 1.54) is 0 Å². The van der Waals surface area contributed by atoms with Crippen LogP contribution >= 0.6 is 0 Å². The predicted molar refractivity (Wildman–Crippen MR) is 151 cm³/mol. The topological polar surface area (TPSA) is 103 Å². The van der Waals surface area contributed by atoms with Gasteiger partial charge in [-0.05, 0) is 71.1 Å². The summed E-state index contributed by atoms with van der Waals surface area (Å²) in [6.07, 6.45) is 6.12. The van der Waals surface area contributed by atoms with Gasteiger partial charge < -0.3 is 19.5 Å². The second-order valence-electron chi connectivity index (χ2n) is 12.0. The van der Waals surface area contributed by atoms with E-state index in [1.54, 1.807) is 18.6 Å². The van der Waals surface area contributed by atoms with Gasteiger partial charge in [-0.3, -0.25) is 14.6 Å². The van der Waals surface area contributed by atoms with E-state index >= 15 is 0 Å². The first kappa shape index (κ1) is 28.5. The monoisotopic (exact) mass is 535 g/mol. The van der Waals surface area contributed by atoms with Crippen molar-refractivity contribution in [3.63, 3.8) is 0 Å². The molecular formula is C30H41N5O4. The molecule has 9 heteroatoms. The first-order valence-electron chi connectivity index (χ1n) is 13.6. The third-order valence-corrected chi connectivity index (χ3v) is 7.19. The molecule has 1 saturated heterocycles. The van der Waals surface area contributed by atoms with Gasteiger partial charge in [-0.2, -0.15) is 5.10 Å². The van der Waals surface area contributed by atoms with Gasteiger partial charge in [-0.1, -0.05) is 13.8 Å². The fourth-order valence-corrected chi connectivity index (χ4v) is 4.88. The number of anilines is 1. The summed E-state index contributed by atoms with van der Waals surface area (Å²) in [6.45, 7) is 16.8. The first-order valence-corrected chi connectivity index (χ1v) is 13.6. The molecule has 0 aromatic carbocycles. The third kappa shape index (κ3) is 6.95. The number of carboxylic acids is 1. The number of carboxylic acid groups (broad SMARTS) is 1. The van der Waals surface area contributed by atoms with Gasteiger partial charge in [0.15, 0.2) is 6.10 Å². The second-order valence-corrected chi connectivity index (χ2v) is 12.0. The maximum Gasteiger partial charge on any atom is 0.337 e. The summed E-state index contributed by atoms with van der Waals surface area (Å²) in [7, 11) is 0. The maximum absolute atomic E-state index is 12.6. The van der Waals surface area contributed by atoms with Crippen molar-refractivity contribution in [2.24, 2.45) is 5.41 Å². The minimum absolute atomic E-state index is 0.235. The lowest BCUT2D eigenvalue weighted by atomic mass is 9.82. The second kappa shape index (κ2) is 11.3. The number of nitrogens with zero attached hydrogens (tertiary/aromatic N) is 5. The Kier molecular flexibility index (Phi) is 8.30. The van der Waals surface area contributed by atoms with Crippen molar-refractivity contribution in [3.8, 4) is 17.0 Å². The zero-order valence-electron chi connectivity index (χ0n) is 24.2. The van der Waals surface area contributed by atoms with Crippen molar-refractivity contribution >= 4 is 11.7 Å². The zero-order valence-corrected chi connectivity index (χ0v) is 24.2. The average Bonchev–Trinajstić information content (AvgIpc) is 3.27. The van der Waals surface area contributed by atoms with Gasteiger partial charge in [0.05, 0.1) is 29.7 Å². The van der Waals surface area contributed by atoms with Crippen molar-refractivity contribution in [1.29, 1.82) is 0 Å². The van der Waals surface area contributed by atoms with Crippen LogP contribution in [0.25, 0.3) is 11.3 Å². The Morgan fingerprint density at radius 2 is 1.82 bits per heavy atom. The van der Waals surface area contributed by atoms with E-state index in [4.69, 9.17) is 14.5 Å². The van der Waals surface area contributed by atoms with Crippen molar-refractivity contribution in [1.82, 2.24) is 19.7 Å². The molecule has 1 aliphatic heterocycles. The highest BCUT2D eigenvalue weighted by Gasteiger charge is 2.36. The molecular weight excluding hydrogens is 494 g/mol. The number of aliphatic carboxylic acids is 1. The normalized spacial score (nSPS) is 16.2. The molecule has 0 bridgehead atoms. The Labute approximate surface area is 231 Å². The van der Waals surface area contributed by atoms with Gasteiger partial charge in [0.2, 0.25) is 0 Å². The summed E-state index contributed by atoms with van der Waals surface area (Å²) in [4.78, 5) is 24.2. The van der Waals surface area contributed by atoms with Crippen LogP contribution < -0.4 is 9.64 Å². The van der Waals surface area contributed by atoms with Gasteiger partial charge in [0, 0.05) is 48.0 Å². The molecule has 39 heavy (non-hydrogen) atoms. The van der Waals surface area contributed by atoms with Crippen LogP contribution in [0.3, 0.4) is 0 Å². The van der Waals surface area contributed by atoms with E-state index in [2.05, 4.69) is 28.8 Å². The molecule has 9 nitrogen and oxygen atoms in total. The summed E-state index contributed by atoms with van der Waals surface area (Å²) in [6, 6.07) is 5.76. The molecule has 0 aliphatic carbocycles. The summed E-state index contributed by atoms with van der Waals surface area (Å²) in [5.41, 5.74) is 4.23. The Morgan fingerprint density at radius 1 is 1.10 bits per heavy atom. The lowest BCUT2D eigenvalue weighted by Gasteiger charge is -2.40. The fraction of sp³-hybridized carbons (Fsp3) is 0.533. The highest BCUT2D eigenvalue weighted by atomic mass is 16.5. The van der Waals surface area contributed by atoms with Crippen LogP contribution in [-0.4, -0.2) is 56.1 Å². The molecule has 4 rings (SSSR count). The van der Waals surface area contributed by atoms with Crippen molar-refractivity contribution < 1.29 is 19.4 Å². The average molecular weight is 536 g/mol. The standard InChI is InChI=1S/C30H41N5O4/c1-20-10-13-33-35(20)16-17-38-22-8-9-24(32-18-22)23-19-31-21(2)25(27(28(36)37)39-29(3,4)5)26(23)34-14-11-30(6,7)12-15-34/h8-10,13,18-19,27H,11-12,14-17H2,1-7H3,(H,36,37)/t27-/m0/s1. The Bertz CT molecular complexity index is 1280. The molecule has 1 atom stereocenters. The minimum Gasteiger partial charge on any atom is -0.490 e. The summed E-state index contributed by atoms with van der Waals surface area (Å²) >= 11 is 0. The molecule has 0 unspecified atom stereocenters. The first-order chi connectivity index (χ1) is 18.3. The molecule has 0 saturated carbocycles. The Morgan fingerprint density at radius 3 is 2.38 bits per heavy atom. The lowest BCUT2D eigenvalue weighted by molar-refractivity contribution is -0.160. The van der Waals surface area contributed by atoms with Gasteiger partial charge in [0.1, 0.15) is 12.4 Å². The number of carbonyl (C=O) groups is 1. The number of aromatic nitrogens is 4. The number of hydrogen-bond acceptors (Lipinski definition) is 7. The van der Waals surface area contributed by atoms with Gasteiger partial charge in [-0.15, -0.1) is 0 Å². The summed E-state index contributed by atoms with van der Waals surface area (Å²) < 4.78 is 13.9. The van der Waals surface area contributed by atoms with Crippen LogP contribution in [0.15, 0.2) is 36.8 Å². The number of rotatable bonds is 9. The highest BCUT2D eigenvalue weighted by Crippen LogP contribution is 2.43. The van der Waals surface area contributed by atoms with Crippen LogP contribution in [0.2, 0.25) is 0 Å². The largest absolute Gasteiger partial charge is 0.490 e. The van der Waals surface area contributed by atoms with E-state index in [-0.39, 0.29) is 5.41 Å². The lowest BCUT2D eigenvalue weighted by Crippen LogP contribution is -2.39. The number of hydrogen-bond donors (Lipinski definition) is 1. The quantitative estimate of drug-likeness (QED) is 0.378. The van der Waals surface area contributed by atoms with Crippen LogP contribution in [0.4, 0.5) is 5.69 Å². The number of piperidine rings is 1. The SMILES string of the molecule is Cc1ncc(-c2ccc(OCCn3nccc3C)cn2)c(N2CCC(C)(C)CC2)c1[C@H](OC(C)(C)C)C(=O)O. The number of ether oxygens (including phenoxy) is 2. The molecule has 0 amide bonds. The number of aryl methyl sites for hydroxylation is 2. The van der Waals surface area contributed by atoms with E-state index in [1.807, 2.05) is 57.5 Å². The minimum atomic E-state index is -1.16. The molecule has 0 radical (unpaired) electrons. The fourth-order valence-electron chi connectivity index (χ4n) is 4.88. The predicted octanol–water partition coefficient (Wildman–Crippen LogP) is 5.60.